The van der Waals surface area contributed by atoms with E-state index in [4.69, 9.17) is 10.2 Å². The standard InChI is InChI=1S/C8H16O3/c9-5-7-2-1-3-8(11,4-7)6-10/h7,9-11H,1-6H2. The summed E-state index contributed by atoms with van der Waals surface area (Å²) in [7, 11) is 0. The molecule has 3 N–H and O–H groups in total. The largest absolute Gasteiger partial charge is 0.396 e. The predicted molar refractivity (Wildman–Crippen MR) is 41.1 cm³/mol. The molecule has 11 heavy (non-hydrogen) atoms. The highest BCUT2D eigenvalue weighted by Gasteiger charge is 2.33. The predicted octanol–water partition coefficient (Wildman–Crippen LogP) is -0.108. The Kier molecular flexibility index (Phi) is 2.87. The second-order valence-corrected chi connectivity index (χ2v) is 3.53. The molecule has 0 bridgehead atoms. The summed E-state index contributed by atoms with van der Waals surface area (Å²) in [4.78, 5) is 0. The molecular formula is C8H16O3. The van der Waals surface area contributed by atoms with Crippen molar-refractivity contribution < 1.29 is 15.3 Å². The van der Waals surface area contributed by atoms with Crippen LogP contribution in [0.4, 0.5) is 0 Å². The van der Waals surface area contributed by atoms with Crippen LogP contribution >= 0.6 is 0 Å². The van der Waals surface area contributed by atoms with Gasteiger partial charge in [-0.3, -0.25) is 0 Å². The molecule has 0 aliphatic heterocycles. The van der Waals surface area contributed by atoms with Gasteiger partial charge in [-0.2, -0.15) is 0 Å². The molecule has 0 aromatic carbocycles. The minimum Gasteiger partial charge on any atom is -0.396 e. The molecular weight excluding hydrogens is 144 g/mol. The molecule has 1 saturated carbocycles. The lowest BCUT2D eigenvalue weighted by Gasteiger charge is -2.34. The minimum atomic E-state index is -0.911. The number of rotatable bonds is 2. The van der Waals surface area contributed by atoms with E-state index in [0.29, 0.717) is 12.8 Å². The SMILES string of the molecule is OCC1CCCC(O)(CO)C1. The van der Waals surface area contributed by atoms with E-state index in [1.54, 1.807) is 0 Å². The van der Waals surface area contributed by atoms with Gasteiger partial charge in [0.05, 0.1) is 12.2 Å². The number of aliphatic hydroxyl groups excluding tert-OH is 2. The van der Waals surface area contributed by atoms with Crippen LogP contribution in [-0.2, 0) is 0 Å². The van der Waals surface area contributed by atoms with Crippen LogP contribution in [0.15, 0.2) is 0 Å². The van der Waals surface area contributed by atoms with E-state index in [0.717, 1.165) is 12.8 Å². The monoisotopic (exact) mass is 160 g/mol. The van der Waals surface area contributed by atoms with Gasteiger partial charge in [0.1, 0.15) is 0 Å². The first-order valence-electron chi connectivity index (χ1n) is 4.14. The molecule has 0 radical (unpaired) electrons. The molecule has 0 heterocycles. The topological polar surface area (TPSA) is 60.7 Å². The smallest absolute Gasteiger partial charge is 0.0880 e. The van der Waals surface area contributed by atoms with Gasteiger partial charge >= 0.3 is 0 Å². The zero-order valence-corrected chi connectivity index (χ0v) is 6.66. The van der Waals surface area contributed by atoms with E-state index in [9.17, 15) is 5.11 Å². The molecule has 0 saturated heterocycles. The molecule has 0 aromatic heterocycles. The van der Waals surface area contributed by atoms with Crippen molar-refractivity contribution in [2.45, 2.75) is 31.3 Å². The normalized spacial score (nSPS) is 39.0. The zero-order valence-electron chi connectivity index (χ0n) is 6.66. The fourth-order valence-electron chi connectivity index (χ4n) is 1.76. The summed E-state index contributed by atoms with van der Waals surface area (Å²) in [6, 6.07) is 0. The third-order valence-corrected chi connectivity index (χ3v) is 2.48. The van der Waals surface area contributed by atoms with E-state index < -0.39 is 5.60 Å². The minimum absolute atomic E-state index is 0.127. The lowest BCUT2D eigenvalue weighted by atomic mass is 9.79. The van der Waals surface area contributed by atoms with Crippen LogP contribution in [0.5, 0.6) is 0 Å². The Labute approximate surface area is 66.7 Å². The molecule has 2 atom stereocenters. The van der Waals surface area contributed by atoms with Gasteiger partial charge in [0, 0.05) is 6.61 Å². The first-order chi connectivity index (χ1) is 5.20. The molecule has 2 unspecified atom stereocenters. The Morgan fingerprint density at radius 1 is 1.36 bits per heavy atom. The van der Waals surface area contributed by atoms with Crippen molar-refractivity contribution in [3.8, 4) is 0 Å². The highest BCUT2D eigenvalue weighted by molar-refractivity contribution is 4.85. The van der Waals surface area contributed by atoms with Gasteiger partial charge in [0.25, 0.3) is 0 Å². The summed E-state index contributed by atoms with van der Waals surface area (Å²) in [6.07, 6.45) is 3.08. The Hall–Kier alpha value is -0.120. The highest BCUT2D eigenvalue weighted by atomic mass is 16.3. The average molecular weight is 160 g/mol. The van der Waals surface area contributed by atoms with Gasteiger partial charge in [-0.1, -0.05) is 6.42 Å². The summed E-state index contributed by atoms with van der Waals surface area (Å²) < 4.78 is 0. The molecule has 0 aromatic rings. The van der Waals surface area contributed by atoms with Crippen molar-refractivity contribution >= 4 is 0 Å². The van der Waals surface area contributed by atoms with Gasteiger partial charge in [-0.05, 0) is 25.2 Å². The van der Waals surface area contributed by atoms with Crippen molar-refractivity contribution in [3.05, 3.63) is 0 Å². The van der Waals surface area contributed by atoms with Crippen molar-refractivity contribution in [1.29, 1.82) is 0 Å². The lowest BCUT2D eigenvalue weighted by Crippen LogP contribution is -2.39. The van der Waals surface area contributed by atoms with Crippen molar-refractivity contribution in [2.75, 3.05) is 13.2 Å². The number of aliphatic hydroxyl groups is 3. The second-order valence-electron chi connectivity index (χ2n) is 3.53. The maximum atomic E-state index is 9.62. The highest BCUT2D eigenvalue weighted by Crippen LogP contribution is 2.31. The summed E-state index contributed by atoms with van der Waals surface area (Å²) in [5.41, 5.74) is -0.911. The number of hydrogen-bond donors (Lipinski definition) is 3. The molecule has 1 aliphatic rings. The average Bonchev–Trinajstić information content (AvgIpc) is 2.05. The van der Waals surface area contributed by atoms with Crippen LogP contribution in [0.25, 0.3) is 0 Å². The van der Waals surface area contributed by atoms with Gasteiger partial charge in [0.15, 0.2) is 0 Å². The third-order valence-electron chi connectivity index (χ3n) is 2.48. The first kappa shape index (κ1) is 8.97. The fourth-order valence-corrected chi connectivity index (χ4v) is 1.76. The maximum Gasteiger partial charge on any atom is 0.0880 e. The summed E-state index contributed by atoms with van der Waals surface area (Å²) >= 11 is 0. The molecule has 1 fully saturated rings. The summed E-state index contributed by atoms with van der Waals surface area (Å²) in [6.45, 7) is -0.0498. The van der Waals surface area contributed by atoms with Crippen molar-refractivity contribution in [2.24, 2.45) is 5.92 Å². The molecule has 3 heteroatoms. The Bertz CT molecular complexity index is 127. The van der Waals surface area contributed by atoms with E-state index in [1.165, 1.54) is 0 Å². The van der Waals surface area contributed by atoms with Gasteiger partial charge in [-0.25, -0.2) is 0 Å². The van der Waals surface area contributed by atoms with Crippen LogP contribution in [0.1, 0.15) is 25.7 Å². The lowest BCUT2D eigenvalue weighted by molar-refractivity contribution is -0.0637. The number of hydrogen-bond acceptors (Lipinski definition) is 3. The van der Waals surface area contributed by atoms with E-state index in [1.807, 2.05) is 0 Å². The van der Waals surface area contributed by atoms with Gasteiger partial charge < -0.3 is 15.3 Å². The molecule has 66 valence electrons. The molecule has 0 amide bonds. The van der Waals surface area contributed by atoms with Crippen molar-refractivity contribution in [3.63, 3.8) is 0 Å². The Morgan fingerprint density at radius 3 is 2.64 bits per heavy atom. The van der Waals surface area contributed by atoms with Gasteiger partial charge in [-0.15, -0.1) is 0 Å². The second kappa shape index (κ2) is 3.52. The molecule has 0 spiro atoms. The van der Waals surface area contributed by atoms with Crippen LogP contribution in [0.2, 0.25) is 0 Å². The fraction of sp³-hybridized carbons (Fsp3) is 1.00. The van der Waals surface area contributed by atoms with Gasteiger partial charge in [0.2, 0.25) is 0 Å². The van der Waals surface area contributed by atoms with Crippen LogP contribution < -0.4 is 0 Å². The zero-order chi connectivity index (χ0) is 8.32. The van der Waals surface area contributed by atoms with Crippen LogP contribution in [0.3, 0.4) is 0 Å². The van der Waals surface area contributed by atoms with E-state index in [-0.39, 0.29) is 19.1 Å². The summed E-state index contributed by atoms with van der Waals surface area (Å²) in [5.74, 6) is 0.181. The van der Waals surface area contributed by atoms with E-state index in [2.05, 4.69) is 0 Å². The molecule has 1 rings (SSSR count). The quantitative estimate of drug-likeness (QED) is 0.528. The van der Waals surface area contributed by atoms with Crippen LogP contribution in [-0.4, -0.2) is 34.1 Å². The Balaban J connectivity index is 2.44. The third kappa shape index (κ3) is 2.15. The Morgan fingerprint density at radius 2 is 2.09 bits per heavy atom. The van der Waals surface area contributed by atoms with Crippen LogP contribution in [0, 0.1) is 5.92 Å². The molecule has 1 aliphatic carbocycles. The summed E-state index contributed by atoms with van der Waals surface area (Å²) in [5, 5.41) is 27.3. The maximum absolute atomic E-state index is 9.62. The molecule has 3 nitrogen and oxygen atoms in total. The first-order valence-corrected chi connectivity index (χ1v) is 4.14. The van der Waals surface area contributed by atoms with Crippen molar-refractivity contribution in [1.82, 2.24) is 0 Å². The van der Waals surface area contributed by atoms with E-state index >= 15 is 0 Å².